The van der Waals surface area contributed by atoms with Crippen LogP contribution in [0.2, 0.25) is 0 Å². The van der Waals surface area contributed by atoms with Crippen LogP contribution >= 0.6 is 0 Å². The molecule has 0 amide bonds. The zero-order valence-corrected chi connectivity index (χ0v) is 24.1. The highest BCUT2D eigenvalue weighted by Crippen LogP contribution is 2.50. The molecule has 0 atom stereocenters. The Morgan fingerprint density at radius 1 is 0.595 bits per heavy atom. The molecular weight excluding hydrogens is 508 g/mol. The Bertz CT molecular complexity index is 2140. The Balaban J connectivity index is 1.22. The second-order valence-electron chi connectivity index (χ2n) is 12.4. The largest absolute Gasteiger partial charge is 0.310 e. The van der Waals surface area contributed by atoms with Crippen molar-refractivity contribution in [3.05, 3.63) is 137 Å². The van der Waals surface area contributed by atoms with Gasteiger partial charge in [-0.15, -0.1) is 0 Å². The predicted molar refractivity (Wildman–Crippen MR) is 178 cm³/mol. The van der Waals surface area contributed by atoms with Gasteiger partial charge in [-0.2, -0.15) is 0 Å². The van der Waals surface area contributed by atoms with E-state index in [0.717, 1.165) is 19.3 Å². The Hall–Kier alpha value is -4.82. The molecule has 4 aromatic carbocycles. The zero-order valence-electron chi connectivity index (χ0n) is 24.1. The lowest BCUT2D eigenvalue weighted by atomic mass is 9.82. The summed E-state index contributed by atoms with van der Waals surface area (Å²) in [5.41, 5.74) is 15.9. The molecule has 0 spiro atoms. The van der Waals surface area contributed by atoms with Gasteiger partial charge in [0.05, 0.1) is 16.7 Å². The second kappa shape index (κ2) is 8.59. The van der Waals surface area contributed by atoms with Crippen LogP contribution < -0.4 is 0 Å². The minimum absolute atomic E-state index is 0.120. The lowest BCUT2D eigenvalue weighted by Crippen LogP contribution is -2.16. The molecule has 2 heteroatoms. The van der Waals surface area contributed by atoms with Gasteiger partial charge in [-0.1, -0.05) is 86.7 Å². The third-order valence-corrected chi connectivity index (χ3v) is 9.80. The van der Waals surface area contributed by atoms with Gasteiger partial charge in [0.1, 0.15) is 0 Å². The van der Waals surface area contributed by atoms with E-state index in [-0.39, 0.29) is 5.41 Å². The predicted octanol–water partition coefficient (Wildman–Crippen LogP) is 10.3. The number of aromatic nitrogens is 2. The van der Waals surface area contributed by atoms with E-state index in [1.165, 1.54) is 77.9 Å². The Kier molecular flexibility index (Phi) is 4.88. The summed E-state index contributed by atoms with van der Waals surface area (Å²) in [6.07, 6.45) is 17.1. The third-order valence-electron chi connectivity index (χ3n) is 9.80. The highest BCUT2D eigenvalue weighted by atomic mass is 15.0. The Labute approximate surface area is 246 Å². The standard InChI is InChI=1S/C40H32N2/c1-40(2)34-24-26(41-36-16-5-3-4-12-30(36)31-13-6-9-17-37(31)41)20-22-28(34)29-23-21-27(25-35(29)40)42-38-18-10-7-14-32(38)33-15-8-11-19-39(33)42/h4-5,7-12,14-25H,3,6,13H2,1-2H3. The van der Waals surface area contributed by atoms with Crippen molar-refractivity contribution in [2.24, 2.45) is 0 Å². The number of benzene rings is 4. The first-order valence-corrected chi connectivity index (χ1v) is 15.2. The summed E-state index contributed by atoms with van der Waals surface area (Å²) in [7, 11) is 0. The first kappa shape index (κ1) is 23.8. The summed E-state index contributed by atoms with van der Waals surface area (Å²) < 4.78 is 4.93. The van der Waals surface area contributed by atoms with E-state index in [2.05, 4.69) is 144 Å². The van der Waals surface area contributed by atoms with Gasteiger partial charge in [0.25, 0.3) is 0 Å². The monoisotopic (exact) mass is 540 g/mol. The van der Waals surface area contributed by atoms with Crippen molar-refractivity contribution in [3.8, 4) is 22.5 Å². The maximum absolute atomic E-state index is 2.50. The van der Waals surface area contributed by atoms with Gasteiger partial charge >= 0.3 is 0 Å². The molecule has 0 N–H and O–H groups in total. The summed E-state index contributed by atoms with van der Waals surface area (Å²) in [6, 6.07) is 31.8. The number of allylic oxidation sites excluding steroid dienone is 3. The van der Waals surface area contributed by atoms with Crippen molar-refractivity contribution in [2.75, 3.05) is 0 Å². The normalized spacial score (nSPS) is 16.0. The van der Waals surface area contributed by atoms with Gasteiger partial charge in [-0.05, 0) is 95.6 Å². The number of para-hydroxylation sites is 2. The van der Waals surface area contributed by atoms with Crippen LogP contribution in [0.1, 0.15) is 60.3 Å². The van der Waals surface area contributed by atoms with Crippen molar-refractivity contribution in [1.29, 1.82) is 0 Å². The lowest BCUT2D eigenvalue weighted by Gasteiger charge is -2.23. The highest BCUT2D eigenvalue weighted by Gasteiger charge is 2.36. The van der Waals surface area contributed by atoms with Crippen molar-refractivity contribution in [1.82, 2.24) is 9.13 Å². The van der Waals surface area contributed by atoms with Crippen LogP contribution in [0.15, 0.2) is 103 Å². The molecule has 6 aromatic rings. The molecule has 202 valence electrons. The molecule has 0 aliphatic heterocycles. The molecule has 0 saturated heterocycles. The summed E-state index contributed by atoms with van der Waals surface area (Å²) in [5.74, 6) is 0. The molecule has 2 aromatic heterocycles. The van der Waals surface area contributed by atoms with Crippen molar-refractivity contribution in [2.45, 2.75) is 38.5 Å². The lowest BCUT2D eigenvalue weighted by molar-refractivity contribution is 0.659. The summed E-state index contributed by atoms with van der Waals surface area (Å²) >= 11 is 0. The van der Waals surface area contributed by atoms with Crippen LogP contribution in [0.5, 0.6) is 0 Å². The first-order valence-electron chi connectivity index (χ1n) is 15.2. The van der Waals surface area contributed by atoms with E-state index in [1.54, 1.807) is 0 Å². The smallest absolute Gasteiger partial charge is 0.0541 e. The Morgan fingerprint density at radius 2 is 1.19 bits per heavy atom. The molecule has 9 rings (SSSR count). The molecule has 0 radical (unpaired) electrons. The fraction of sp³-hybridized carbons (Fsp3) is 0.150. The van der Waals surface area contributed by atoms with Crippen LogP contribution in [-0.4, -0.2) is 9.13 Å². The summed E-state index contributed by atoms with van der Waals surface area (Å²) in [5, 5.41) is 2.60. The molecular formula is C40H32N2. The van der Waals surface area contributed by atoms with Gasteiger partial charge in [0.2, 0.25) is 0 Å². The maximum atomic E-state index is 2.50. The SMILES string of the molecule is CC1(C)c2cc(-n3c4c(c5c3C=CCC5)C=CCC=C4)ccc2-c2ccc(-n3c4ccccc4c4ccccc43)cc21. The van der Waals surface area contributed by atoms with Gasteiger partial charge in [-0.25, -0.2) is 0 Å². The molecule has 0 saturated carbocycles. The third kappa shape index (κ3) is 3.15. The molecule has 0 unspecified atom stereocenters. The van der Waals surface area contributed by atoms with E-state index in [0.29, 0.717) is 0 Å². The molecule has 2 nitrogen and oxygen atoms in total. The number of hydrogen-bond acceptors (Lipinski definition) is 0. The van der Waals surface area contributed by atoms with Gasteiger partial charge in [-0.3, -0.25) is 0 Å². The van der Waals surface area contributed by atoms with Crippen molar-refractivity contribution in [3.63, 3.8) is 0 Å². The zero-order chi connectivity index (χ0) is 28.0. The van der Waals surface area contributed by atoms with Gasteiger partial charge in [0.15, 0.2) is 0 Å². The Morgan fingerprint density at radius 3 is 1.88 bits per heavy atom. The summed E-state index contributed by atoms with van der Waals surface area (Å²) in [4.78, 5) is 0. The maximum Gasteiger partial charge on any atom is 0.0541 e. The molecule has 42 heavy (non-hydrogen) atoms. The van der Waals surface area contributed by atoms with E-state index in [1.807, 2.05) is 0 Å². The highest BCUT2D eigenvalue weighted by molar-refractivity contribution is 6.09. The minimum atomic E-state index is -0.120. The number of fused-ring (bicyclic) bond motifs is 9. The van der Waals surface area contributed by atoms with Gasteiger partial charge < -0.3 is 9.13 Å². The topological polar surface area (TPSA) is 9.86 Å². The van der Waals surface area contributed by atoms with E-state index in [9.17, 15) is 0 Å². The number of rotatable bonds is 2. The van der Waals surface area contributed by atoms with Crippen LogP contribution in [0.25, 0.3) is 62.5 Å². The average Bonchev–Trinajstić information content (AvgIpc) is 3.51. The van der Waals surface area contributed by atoms with Crippen LogP contribution in [-0.2, 0) is 11.8 Å². The molecule has 3 aliphatic carbocycles. The van der Waals surface area contributed by atoms with E-state index < -0.39 is 0 Å². The van der Waals surface area contributed by atoms with Crippen molar-refractivity contribution < 1.29 is 0 Å². The van der Waals surface area contributed by atoms with Crippen LogP contribution in [0.4, 0.5) is 0 Å². The van der Waals surface area contributed by atoms with Gasteiger partial charge in [0, 0.05) is 38.8 Å². The fourth-order valence-corrected chi connectivity index (χ4v) is 7.80. The average molecular weight is 541 g/mol. The second-order valence-corrected chi connectivity index (χ2v) is 12.4. The number of hydrogen-bond donors (Lipinski definition) is 0. The van der Waals surface area contributed by atoms with Crippen LogP contribution in [0, 0.1) is 0 Å². The molecule has 2 heterocycles. The van der Waals surface area contributed by atoms with Crippen molar-refractivity contribution >= 4 is 40.0 Å². The molecule has 0 bridgehead atoms. The minimum Gasteiger partial charge on any atom is -0.310 e. The molecule has 3 aliphatic rings. The van der Waals surface area contributed by atoms with Crippen LogP contribution in [0.3, 0.4) is 0 Å². The fourth-order valence-electron chi connectivity index (χ4n) is 7.80. The number of nitrogens with zero attached hydrogens (tertiary/aromatic N) is 2. The van der Waals surface area contributed by atoms with E-state index >= 15 is 0 Å². The molecule has 0 fully saturated rings. The quantitative estimate of drug-likeness (QED) is 0.207. The van der Waals surface area contributed by atoms with E-state index in [4.69, 9.17) is 0 Å². The first-order chi connectivity index (χ1) is 20.6. The summed E-state index contributed by atoms with van der Waals surface area (Å²) in [6.45, 7) is 4.79.